The topological polar surface area (TPSA) is 37.8 Å². The van der Waals surface area contributed by atoms with Gasteiger partial charge in [0.25, 0.3) is 0 Å². The summed E-state index contributed by atoms with van der Waals surface area (Å²) >= 11 is 7.92. The molecule has 2 aromatic heterocycles. The second-order valence-electron chi connectivity index (χ2n) is 6.21. The Bertz CT molecular complexity index is 844. The van der Waals surface area contributed by atoms with Crippen LogP contribution < -0.4 is 5.32 Å². The summed E-state index contributed by atoms with van der Waals surface area (Å²) in [5.74, 6) is 1.62. The summed E-state index contributed by atoms with van der Waals surface area (Å²) in [5.41, 5.74) is 2.66. The van der Waals surface area contributed by atoms with Gasteiger partial charge in [0.1, 0.15) is 10.6 Å². The summed E-state index contributed by atoms with van der Waals surface area (Å²) in [7, 11) is 0. The number of thiophene rings is 1. The van der Waals surface area contributed by atoms with Gasteiger partial charge in [0.05, 0.1) is 5.39 Å². The quantitative estimate of drug-likeness (QED) is 0.674. The first kappa shape index (κ1) is 14.9. The second-order valence-corrected chi connectivity index (χ2v) is 7.63. The number of benzene rings is 1. The Labute approximate surface area is 144 Å². The van der Waals surface area contributed by atoms with E-state index in [4.69, 9.17) is 11.6 Å². The summed E-state index contributed by atoms with van der Waals surface area (Å²) in [5, 5.41) is 4.96. The van der Waals surface area contributed by atoms with E-state index in [0.717, 1.165) is 36.0 Å². The molecule has 4 rings (SSSR count). The van der Waals surface area contributed by atoms with Crippen molar-refractivity contribution in [3.63, 3.8) is 0 Å². The second kappa shape index (κ2) is 6.10. The normalized spacial score (nSPS) is 17.2. The van der Waals surface area contributed by atoms with E-state index in [-0.39, 0.29) is 0 Å². The number of nitrogens with zero attached hydrogens (tertiary/aromatic N) is 2. The van der Waals surface area contributed by atoms with Crippen molar-refractivity contribution in [3.05, 3.63) is 51.6 Å². The lowest BCUT2D eigenvalue weighted by atomic mass is 9.89. The van der Waals surface area contributed by atoms with Gasteiger partial charge in [-0.3, -0.25) is 0 Å². The zero-order valence-corrected chi connectivity index (χ0v) is 14.5. The fraction of sp³-hybridized carbons (Fsp3) is 0.333. The van der Waals surface area contributed by atoms with Gasteiger partial charge < -0.3 is 5.32 Å². The van der Waals surface area contributed by atoms with E-state index in [9.17, 15) is 0 Å². The van der Waals surface area contributed by atoms with Gasteiger partial charge in [0.2, 0.25) is 5.28 Å². The largest absolute Gasteiger partial charge is 0.365 e. The lowest BCUT2D eigenvalue weighted by Crippen LogP contribution is -2.09. The highest BCUT2D eigenvalue weighted by atomic mass is 35.5. The number of anilines is 1. The van der Waals surface area contributed by atoms with Crippen molar-refractivity contribution in [2.24, 2.45) is 5.92 Å². The molecule has 1 unspecified atom stereocenters. The lowest BCUT2D eigenvalue weighted by molar-refractivity contribution is 0.509. The number of halogens is 1. The SMILES string of the molecule is CC1CCc2c(sc3nc(Cl)nc(NCc4ccccc4)c23)C1. The predicted octanol–water partition coefficient (Wildman–Crippen LogP) is 5.08. The highest BCUT2D eigenvalue weighted by Gasteiger charge is 2.23. The summed E-state index contributed by atoms with van der Waals surface area (Å²) in [6.07, 6.45) is 3.49. The van der Waals surface area contributed by atoms with Crippen LogP contribution in [0.4, 0.5) is 5.82 Å². The highest BCUT2D eigenvalue weighted by Crippen LogP contribution is 2.40. The Morgan fingerprint density at radius 2 is 2.09 bits per heavy atom. The number of hydrogen-bond donors (Lipinski definition) is 1. The molecule has 23 heavy (non-hydrogen) atoms. The van der Waals surface area contributed by atoms with E-state index >= 15 is 0 Å². The Morgan fingerprint density at radius 3 is 2.91 bits per heavy atom. The molecule has 1 N–H and O–H groups in total. The van der Waals surface area contributed by atoms with Crippen molar-refractivity contribution in [2.45, 2.75) is 32.7 Å². The maximum atomic E-state index is 6.14. The van der Waals surface area contributed by atoms with Crippen LogP contribution in [0.3, 0.4) is 0 Å². The molecule has 3 nitrogen and oxygen atoms in total. The first-order chi connectivity index (χ1) is 11.2. The van der Waals surface area contributed by atoms with Crippen LogP contribution in [0.15, 0.2) is 30.3 Å². The Kier molecular flexibility index (Phi) is 3.95. The molecule has 118 valence electrons. The molecule has 2 heterocycles. The minimum Gasteiger partial charge on any atom is -0.365 e. The average molecular weight is 344 g/mol. The summed E-state index contributed by atoms with van der Waals surface area (Å²) in [6.45, 7) is 3.06. The van der Waals surface area contributed by atoms with Gasteiger partial charge in [0.15, 0.2) is 0 Å². The van der Waals surface area contributed by atoms with Gasteiger partial charge in [-0.25, -0.2) is 9.97 Å². The van der Waals surface area contributed by atoms with Crippen molar-refractivity contribution < 1.29 is 0 Å². The van der Waals surface area contributed by atoms with Crippen LogP contribution in [0.5, 0.6) is 0 Å². The zero-order chi connectivity index (χ0) is 15.8. The molecule has 0 aliphatic heterocycles. The standard InChI is InChI=1S/C18H18ClN3S/c1-11-7-8-13-14(9-11)23-17-15(13)16(21-18(19)22-17)20-10-12-5-3-2-4-6-12/h2-6,11H,7-10H2,1H3,(H,20,21,22). The van der Waals surface area contributed by atoms with Crippen LogP contribution in [0.25, 0.3) is 10.2 Å². The van der Waals surface area contributed by atoms with Crippen molar-refractivity contribution in [1.82, 2.24) is 9.97 Å². The van der Waals surface area contributed by atoms with Gasteiger partial charge >= 0.3 is 0 Å². The third-order valence-electron chi connectivity index (χ3n) is 4.43. The van der Waals surface area contributed by atoms with Gasteiger partial charge in [-0.15, -0.1) is 11.3 Å². The van der Waals surface area contributed by atoms with Gasteiger partial charge in [-0.2, -0.15) is 0 Å². The van der Waals surface area contributed by atoms with Crippen LogP contribution in [0, 0.1) is 5.92 Å². The molecule has 0 saturated carbocycles. The molecule has 0 radical (unpaired) electrons. The first-order valence-electron chi connectivity index (χ1n) is 7.96. The fourth-order valence-corrected chi connectivity index (χ4v) is 4.83. The Balaban J connectivity index is 1.73. The summed E-state index contributed by atoms with van der Waals surface area (Å²) in [6, 6.07) is 10.3. The van der Waals surface area contributed by atoms with Gasteiger partial charge in [-0.05, 0) is 47.9 Å². The Morgan fingerprint density at radius 1 is 1.26 bits per heavy atom. The van der Waals surface area contributed by atoms with Crippen molar-refractivity contribution in [1.29, 1.82) is 0 Å². The van der Waals surface area contributed by atoms with E-state index in [1.54, 1.807) is 11.3 Å². The van der Waals surface area contributed by atoms with Crippen LogP contribution in [0.2, 0.25) is 5.28 Å². The molecule has 1 atom stereocenters. The molecule has 3 aromatic rings. The molecule has 0 bridgehead atoms. The molecular formula is C18H18ClN3S. The predicted molar refractivity (Wildman–Crippen MR) is 97.4 cm³/mol. The van der Waals surface area contributed by atoms with E-state index < -0.39 is 0 Å². The highest BCUT2D eigenvalue weighted by molar-refractivity contribution is 7.19. The third-order valence-corrected chi connectivity index (χ3v) is 5.75. The first-order valence-corrected chi connectivity index (χ1v) is 9.15. The molecule has 0 amide bonds. The van der Waals surface area contributed by atoms with E-state index in [1.165, 1.54) is 27.8 Å². The van der Waals surface area contributed by atoms with Crippen molar-refractivity contribution >= 4 is 39.0 Å². The maximum Gasteiger partial charge on any atom is 0.225 e. The molecule has 5 heteroatoms. The summed E-state index contributed by atoms with van der Waals surface area (Å²) < 4.78 is 0. The zero-order valence-electron chi connectivity index (χ0n) is 13.0. The summed E-state index contributed by atoms with van der Waals surface area (Å²) in [4.78, 5) is 11.4. The number of rotatable bonds is 3. The molecule has 0 saturated heterocycles. The molecular weight excluding hydrogens is 326 g/mol. The van der Waals surface area contributed by atoms with E-state index in [1.807, 2.05) is 18.2 Å². The molecule has 0 spiro atoms. The number of fused-ring (bicyclic) bond motifs is 3. The van der Waals surface area contributed by atoms with Gasteiger partial charge in [0, 0.05) is 11.4 Å². The monoisotopic (exact) mass is 343 g/mol. The maximum absolute atomic E-state index is 6.14. The molecule has 1 aliphatic carbocycles. The number of nitrogens with one attached hydrogen (secondary N) is 1. The third kappa shape index (κ3) is 2.93. The molecule has 0 fully saturated rings. The average Bonchev–Trinajstić information content (AvgIpc) is 2.90. The van der Waals surface area contributed by atoms with Crippen molar-refractivity contribution in [3.8, 4) is 0 Å². The minimum absolute atomic E-state index is 0.319. The van der Waals surface area contributed by atoms with Crippen LogP contribution in [-0.4, -0.2) is 9.97 Å². The fourth-order valence-electron chi connectivity index (χ4n) is 3.23. The lowest BCUT2D eigenvalue weighted by Gasteiger charge is -2.18. The molecule has 1 aliphatic rings. The number of hydrogen-bond acceptors (Lipinski definition) is 4. The number of aromatic nitrogens is 2. The minimum atomic E-state index is 0.319. The van der Waals surface area contributed by atoms with E-state index in [0.29, 0.717) is 5.28 Å². The van der Waals surface area contributed by atoms with Crippen LogP contribution in [-0.2, 0) is 19.4 Å². The number of aryl methyl sites for hydroxylation is 1. The van der Waals surface area contributed by atoms with Crippen molar-refractivity contribution in [2.75, 3.05) is 5.32 Å². The van der Waals surface area contributed by atoms with Gasteiger partial charge in [-0.1, -0.05) is 37.3 Å². The van der Waals surface area contributed by atoms with Crippen LogP contribution >= 0.6 is 22.9 Å². The molecule has 1 aromatic carbocycles. The smallest absolute Gasteiger partial charge is 0.225 e. The van der Waals surface area contributed by atoms with E-state index in [2.05, 4.69) is 34.3 Å². The Hall–Kier alpha value is -1.65. The van der Waals surface area contributed by atoms with Crippen LogP contribution in [0.1, 0.15) is 29.3 Å².